The van der Waals surface area contributed by atoms with E-state index >= 15 is 0 Å². The van der Waals surface area contributed by atoms with Gasteiger partial charge in [0, 0.05) is 50.8 Å². The Morgan fingerprint density at radius 2 is 1.79 bits per heavy atom. The maximum absolute atomic E-state index is 11.8. The number of carbonyl (C=O) groups is 1. The van der Waals surface area contributed by atoms with Gasteiger partial charge in [0.15, 0.2) is 5.96 Å². The molecule has 1 heterocycles. The van der Waals surface area contributed by atoms with E-state index in [1.165, 1.54) is 0 Å². The van der Waals surface area contributed by atoms with E-state index in [1.54, 1.807) is 4.90 Å². The number of guanidine groups is 1. The van der Waals surface area contributed by atoms with Gasteiger partial charge < -0.3 is 20.3 Å². The van der Waals surface area contributed by atoms with Gasteiger partial charge in [-0.15, -0.1) is 24.0 Å². The molecule has 0 aromatic heterocycles. The van der Waals surface area contributed by atoms with E-state index in [1.807, 2.05) is 6.92 Å². The molecule has 1 amide bonds. The number of piperidine rings is 1. The first-order valence-electron chi connectivity index (χ1n) is 10.6. The number of nitrogens with one attached hydrogen (secondary N) is 2. The lowest BCUT2D eigenvalue weighted by atomic mass is 10.1. The second-order valence-corrected chi connectivity index (χ2v) is 7.64. The van der Waals surface area contributed by atoms with Crippen molar-refractivity contribution in [3.05, 3.63) is 0 Å². The molecule has 0 atom stereocenters. The molecule has 0 aromatic rings. The van der Waals surface area contributed by atoms with Crippen molar-refractivity contribution in [3.63, 3.8) is 0 Å². The molecule has 7 nitrogen and oxygen atoms in total. The highest BCUT2D eigenvalue weighted by molar-refractivity contribution is 14.0. The highest BCUT2D eigenvalue weighted by Crippen LogP contribution is 2.11. The topological polar surface area (TPSA) is 69.2 Å². The zero-order valence-corrected chi connectivity index (χ0v) is 21.0. The monoisotopic (exact) mass is 511 g/mol. The number of aliphatic imine (C=N–C) groups is 1. The fourth-order valence-corrected chi connectivity index (χ4v) is 3.49. The number of hydrogen-bond donors (Lipinski definition) is 2. The first-order chi connectivity index (χ1) is 12.9. The summed E-state index contributed by atoms with van der Waals surface area (Å²) in [5.74, 6) is 0.882. The van der Waals surface area contributed by atoms with Crippen molar-refractivity contribution in [3.8, 4) is 0 Å². The molecular formula is C20H42IN5O2. The predicted octanol–water partition coefficient (Wildman–Crippen LogP) is 3.29. The van der Waals surface area contributed by atoms with Crippen molar-refractivity contribution in [1.82, 2.24) is 20.4 Å². The third-order valence-electron chi connectivity index (χ3n) is 4.88. The number of likely N-dealkylation sites (tertiary alicyclic amines) is 1. The molecule has 1 aliphatic heterocycles. The molecule has 28 heavy (non-hydrogen) atoms. The Hall–Kier alpha value is -0.770. The van der Waals surface area contributed by atoms with Crippen LogP contribution in [0.4, 0.5) is 4.79 Å². The Bertz CT molecular complexity index is 444. The van der Waals surface area contributed by atoms with Gasteiger partial charge in [-0.1, -0.05) is 0 Å². The van der Waals surface area contributed by atoms with Crippen LogP contribution in [0.3, 0.4) is 0 Å². The Labute approximate surface area is 189 Å². The minimum atomic E-state index is -0.198. The van der Waals surface area contributed by atoms with E-state index in [0.717, 1.165) is 57.9 Å². The van der Waals surface area contributed by atoms with Crippen molar-refractivity contribution >= 4 is 36.0 Å². The van der Waals surface area contributed by atoms with Crippen molar-refractivity contribution < 1.29 is 9.53 Å². The van der Waals surface area contributed by atoms with Crippen molar-refractivity contribution in [2.45, 2.75) is 78.9 Å². The molecule has 0 radical (unpaired) electrons. The van der Waals surface area contributed by atoms with Crippen LogP contribution in [0.2, 0.25) is 0 Å². The van der Waals surface area contributed by atoms with Crippen LogP contribution in [0.5, 0.6) is 0 Å². The number of ether oxygens (including phenoxy) is 1. The molecule has 0 aliphatic carbocycles. The predicted molar refractivity (Wildman–Crippen MR) is 128 cm³/mol. The van der Waals surface area contributed by atoms with E-state index in [4.69, 9.17) is 9.73 Å². The van der Waals surface area contributed by atoms with Crippen LogP contribution in [-0.4, -0.2) is 79.3 Å². The average Bonchev–Trinajstić information content (AvgIpc) is 2.61. The summed E-state index contributed by atoms with van der Waals surface area (Å²) in [5.41, 5.74) is 0. The summed E-state index contributed by atoms with van der Waals surface area (Å²) >= 11 is 0. The maximum Gasteiger partial charge on any atom is 0.409 e. The summed E-state index contributed by atoms with van der Waals surface area (Å²) in [5, 5.41) is 6.87. The molecule has 1 rings (SSSR count). The molecule has 0 spiro atoms. The molecule has 1 fully saturated rings. The van der Waals surface area contributed by atoms with Gasteiger partial charge >= 0.3 is 6.09 Å². The molecule has 1 aliphatic rings. The highest BCUT2D eigenvalue weighted by atomic mass is 127. The third-order valence-corrected chi connectivity index (χ3v) is 4.88. The van der Waals surface area contributed by atoms with Gasteiger partial charge in [-0.2, -0.15) is 0 Å². The number of rotatable bonds is 9. The lowest BCUT2D eigenvalue weighted by Gasteiger charge is -2.32. The Balaban J connectivity index is 0.00000729. The molecule has 0 unspecified atom stereocenters. The normalized spacial score (nSPS) is 15.8. The van der Waals surface area contributed by atoms with Gasteiger partial charge in [0.2, 0.25) is 0 Å². The van der Waals surface area contributed by atoms with E-state index in [0.29, 0.717) is 24.7 Å². The maximum atomic E-state index is 11.8. The second kappa shape index (κ2) is 15.1. The molecular weight excluding hydrogens is 469 g/mol. The molecule has 2 N–H and O–H groups in total. The van der Waals surface area contributed by atoms with E-state index in [9.17, 15) is 4.79 Å². The highest BCUT2D eigenvalue weighted by Gasteiger charge is 2.24. The lowest BCUT2D eigenvalue weighted by Crippen LogP contribution is -2.50. The summed E-state index contributed by atoms with van der Waals surface area (Å²) in [6.45, 7) is 17.5. The Morgan fingerprint density at radius 3 is 2.29 bits per heavy atom. The summed E-state index contributed by atoms with van der Waals surface area (Å²) in [7, 11) is 0. The fraction of sp³-hybridized carbons (Fsp3) is 0.900. The Morgan fingerprint density at radius 1 is 1.18 bits per heavy atom. The van der Waals surface area contributed by atoms with Crippen LogP contribution in [0.1, 0.15) is 60.8 Å². The number of halogens is 1. The summed E-state index contributed by atoms with van der Waals surface area (Å²) in [6, 6.07) is 1.46. The molecule has 8 heteroatoms. The number of hydrogen-bond acceptors (Lipinski definition) is 4. The Kier molecular flexibility index (Phi) is 14.7. The largest absolute Gasteiger partial charge is 0.450 e. The number of carbonyl (C=O) groups excluding carboxylic acids is 1. The molecule has 1 saturated heterocycles. The van der Waals surface area contributed by atoms with Gasteiger partial charge in [0.25, 0.3) is 0 Å². The SMILES string of the molecule is CCNC(=NCCCN(C(C)C)C(C)C)NC1CCN(C(=O)OCC)CC1.I. The number of amides is 1. The quantitative estimate of drug-likeness (QED) is 0.215. The van der Waals surface area contributed by atoms with Crippen LogP contribution in [0.25, 0.3) is 0 Å². The summed E-state index contributed by atoms with van der Waals surface area (Å²) in [4.78, 5) is 20.8. The average molecular weight is 511 g/mol. The van der Waals surface area contributed by atoms with E-state index in [2.05, 4.69) is 50.2 Å². The van der Waals surface area contributed by atoms with Gasteiger partial charge in [0.05, 0.1) is 6.61 Å². The van der Waals surface area contributed by atoms with Crippen LogP contribution in [-0.2, 0) is 4.74 Å². The minimum Gasteiger partial charge on any atom is -0.450 e. The fourth-order valence-electron chi connectivity index (χ4n) is 3.49. The van der Waals surface area contributed by atoms with Gasteiger partial charge in [-0.25, -0.2) is 4.79 Å². The van der Waals surface area contributed by atoms with Gasteiger partial charge in [-0.05, 0) is 60.8 Å². The zero-order chi connectivity index (χ0) is 20.2. The molecule has 0 aromatic carbocycles. The summed E-state index contributed by atoms with van der Waals surface area (Å²) in [6.07, 6.45) is 2.68. The van der Waals surface area contributed by atoms with Crippen molar-refractivity contribution in [2.24, 2.45) is 4.99 Å². The van der Waals surface area contributed by atoms with E-state index in [-0.39, 0.29) is 30.1 Å². The van der Waals surface area contributed by atoms with Crippen molar-refractivity contribution in [1.29, 1.82) is 0 Å². The van der Waals surface area contributed by atoms with Gasteiger partial charge in [-0.3, -0.25) is 9.89 Å². The van der Waals surface area contributed by atoms with Crippen LogP contribution in [0.15, 0.2) is 4.99 Å². The standard InChI is InChI=1S/C20H41N5O2.HI/c1-7-21-19(22-12-9-13-25(16(3)4)17(5)6)23-18-10-14-24(15-11-18)20(26)27-8-2;/h16-18H,7-15H2,1-6H3,(H2,21,22,23);1H. The third kappa shape index (κ3) is 10.1. The summed E-state index contributed by atoms with van der Waals surface area (Å²) < 4.78 is 5.08. The number of nitrogens with zero attached hydrogens (tertiary/aromatic N) is 3. The first-order valence-corrected chi connectivity index (χ1v) is 10.6. The smallest absolute Gasteiger partial charge is 0.409 e. The van der Waals surface area contributed by atoms with Crippen molar-refractivity contribution in [2.75, 3.05) is 39.3 Å². The van der Waals surface area contributed by atoms with Crippen LogP contribution < -0.4 is 10.6 Å². The first kappa shape index (κ1) is 27.2. The zero-order valence-electron chi connectivity index (χ0n) is 18.7. The molecule has 0 saturated carbocycles. The second-order valence-electron chi connectivity index (χ2n) is 7.64. The van der Waals surface area contributed by atoms with E-state index < -0.39 is 0 Å². The molecule has 166 valence electrons. The van der Waals surface area contributed by atoms with Crippen LogP contribution >= 0.6 is 24.0 Å². The molecule has 0 bridgehead atoms. The minimum absolute atomic E-state index is 0. The lowest BCUT2D eigenvalue weighted by molar-refractivity contribution is 0.0963. The van der Waals surface area contributed by atoms with Gasteiger partial charge in [0.1, 0.15) is 0 Å². The van der Waals surface area contributed by atoms with Crippen LogP contribution in [0, 0.1) is 0 Å².